The van der Waals surface area contributed by atoms with Crippen LogP contribution in [-0.4, -0.2) is 32.2 Å². The third-order valence-electron chi connectivity index (χ3n) is 4.11. The highest BCUT2D eigenvalue weighted by Crippen LogP contribution is 2.34. The molecule has 0 unspecified atom stereocenters. The molecular formula is C16H16ClN3O2S. The topological polar surface area (TPSA) is 53.6 Å². The number of benzene rings is 1. The van der Waals surface area contributed by atoms with E-state index in [-0.39, 0.29) is 12.1 Å². The van der Waals surface area contributed by atoms with Gasteiger partial charge in [-0.15, -0.1) is 11.3 Å². The number of anilines is 2. The van der Waals surface area contributed by atoms with Gasteiger partial charge in [-0.05, 0) is 29.6 Å². The fraction of sp³-hybridized carbons (Fsp3) is 0.312. The Balaban J connectivity index is 1.62. The lowest BCUT2D eigenvalue weighted by Gasteiger charge is -2.31. The van der Waals surface area contributed by atoms with E-state index in [1.165, 1.54) is 11.3 Å². The van der Waals surface area contributed by atoms with Crippen molar-refractivity contribution in [2.24, 2.45) is 0 Å². The molecule has 0 bridgehead atoms. The van der Waals surface area contributed by atoms with E-state index in [1.54, 1.807) is 0 Å². The third-order valence-corrected chi connectivity index (χ3v) is 5.53. The van der Waals surface area contributed by atoms with E-state index in [4.69, 9.17) is 16.3 Å². The van der Waals surface area contributed by atoms with Crippen molar-refractivity contribution in [3.63, 3.8) is 0 Å². The molecule has 2 N–H and O–H groups in total. The predicted molar refractivity (Wildman–Crippen MR) is 92.6 cm³/mol. The molecule has 1 saturated heterocycles. The van der Waals surface area contributed by atoms with Crippen molar-refractivity contribution in [2.45, 2.75) is 6.17 Å². The fourth-order valence-electron chi connectivity index (χ4n) is 2.91. The van der Waals surface area contributed by atoms with Gasteiger partial charge in [0.25, 0.3) is 5.91 Å². The maximum Gasteiger partial charge on any atom is 0.255 e. The zero-order valence-electron chi connectivity index (χ0n) is 12.3. The minimum Gasteiger partial charge on any atom is -0.378 e. The van der Waals surface area contributed by atoms with Crippen LogP contribution in [0.25, 0.3) is 0 Å². The van der Waals surface area contributed by atoms with E-state index in [1.807, 2.05) is 29.6 Å². The molecule has 120 valence electrons. The Bertz CT molecular complexity index is 743. The van der Waals surface area contributed by atoms with Gasteiger partial charge >= 0.3 is 0 Å². The number of hydrogen-bond donors (Lipinski definition) is 2. The lowest BCUT2D eigenvalue weighted by molar-refractivity contribution is 0.0936. The molecule has 2 aromatic rings. The third kappa shape index (κ3) is 2.78. The Morgan fingerprint density at radius 3 is 2.78 bits per heavy atom. The van der Waals surface area contributed by atoms with Crippen LogP contribution in [0, 0.1) is 0 Å². The van der Waals surface area contributed by atoms with Crippen molar-refractivity contribution in [2.75, 3.05) is 36.5 Å². The molecule has 1 fully saturated rings. The number of rotatable bonds is 2. The van der Waals surface area contributed by atoms with Crippen molar-refractivity contribution < 1.29 is 9.53 Å². The molecule has 4 rings (SSSR count). The molecule has 5 nitrogen and oxygen atoms in total. The first kappa shape index (κ1) is 14.8. The minimum atomic E-state index is -0.281. The quantitative estimate of drug-likeness (QED) is 0.874. The van der Waals surface area contributed by atoms with Crippen molar-refractivity contribution in [3.8, 4) is 0 Å². The number of nitrogens with one attached hydrogen (secondary N) is 2. The summed E-state index contributed by atoms with van der Waals surface area (Å²) in [7, 11) is 0. The lowest BCUT2D eigenvalue weighted by Crippen LogP contribution is -2.39. The van der Waals surface area contributed by atoms with Gasteiger partial charge in [0, 0.05) is 24.5 Å². The molecule has 1 atom stereocenters. The average Bonchev–Trinajstić information content (AvgIpc) is 3.01. The first-order chi connectivity index (χ1) is 11.2. The van der Waals surface area contributed by atoms with Crippen molar-refractivity contribution in [1.82, 2.24) is 5.32 Å². The number of amides is 1. The van der Waals surface area contributed by atoms with Crippen molar-refractivity contribution in [3.05, 3.63) is 45.1 Å². The summed E-state index contributed by atoms with van der Waals surface area (Å²) in [5, 5.41) is 8.92. The number of halogens is 1. The second-order valence-corrected chi connectivity index (χ2v) is 6.87. The van der Waals surface area contributed by atoms with Gasteiger partial charge in [0.1, 0.15) is 6.17 Å². The van der Waals surface area contributed by atoms with Crippen LogP contribution in [0.5, 0.6) is 0 Å². The highest BCUT2D eigenvalue weighted by Gasteiger charge is 2.27. The number of hydrogen-bond acceptors (Lipinski definition) is 5. The molecule has 0 spiro atoms. The second kappa shape index (κ2) is 6.03. The van der Waals surface area contributed by atoms with E-state index in [2.05, 4.69) is 15.5 Å². The molecule has 0 saturated carbocycles. The van der Waals surface area contributed by atoms with Gasteiger partial charge in [-0.1, -0.05) is 11.6 Å². The zero-order valence-corrected chi connectivity index (χ0v) is 13.9. The first-order valence-corrected chi connectivity index (χ1v) is 8.75. The van der Waals surface area contributed by atoms with Gasteiger partial charge in [-0.2, -0.15) is 0 Å². The summed E-state index contributed by atoms with van der Waals surface area (Å²) in [4.78, 5) is 15.7. The molecule has 1 aromatic heterocycles. The summed E-state index contributed by atoms with van der Waals surface area (Å²) in [5.41, 5.74) is 2.55. The average molecular weight is 350 g/mol. The number of fused-ring (bicyclic) bond motifs is 1. The molecule has 2 aliphatic rings. The van der Waals surface area contributed by atoms with Gasteiger partial charge < -0.3 is 20.3 Å². The van der Waals surface area contributed by atoms with E-state index in [0.29, 0.717) is 10.6 Å². The summed E-state index contributed by atoms with van der Waals surface area (Å²) < 4.78 is 5.38. The summed E-state index contributed by atoms with van der Waals surface area (Å²) >= 11 is 7.70. The van der Waals surface area contributed by atoms with Crippen LogP contribution in [-0.2, 0) is 4.74 Å². The number of nitrogens with zero attached hydrogens (tertiary/aromatic N) is 1. The Morgan fingerprint density at radius 2 is 2.04 bits per heavy atom. The van der Waals surface area contributed by atoms with Crippen molar-refractivity contribution in [1.29, 1.82) is 0 Å². The highest BCUT2D eigenvalue weighted by atomic mass is 35.5. The minimum absolute atomic E-state index is 0.0803. The van der Waals surface area contributed by atoms with Crippen LogP contribution in [0.1, 0.15) is 21.4 Å². The molecule has 1 aromatic carbocycles. The number of carbonyl (C=O) groups is 1. The Labute approximate surface area is 143 Å². The molecule has 2 aliphatic heterocycles. The Morgan fingerprint density at radius 1 is 1.22 bits per heavy atom. The summed E-state index contributed by atoms with van der Waals surface area (Å²) in [5.74, 6) is -0.0803. The van der Waals surface area contributed by atoms with Crippen LogP contribution in [0.2, 0.25) is 5.02 Å². The number of carbonyl (C=O) groups excluding carboxylic acids is 1. The number of thiophene rings is 1. The van der Waals surface area contributed by atoms with Crippen LogP contribution in [0.15, 0.2) is 29.6 Å². The smallest absolute Gasteiger partial charge is 0.255 e. The molecular weight excluding hydrogens is 334 g/mol. The number of morpholine rings is 1. The SMILES string of the molecule is O=C1N[C@H](c2sccc2Cl)Nc2ccc(N3CCOCC3)cc21. The monoisotopic (exact) mass is 349 g/mol. The lowest BCUT2D eigenvalue weighted by atomic mass is 10.1. The molecule has 0 aliphatic carbocycles. The van der Waals surface area contributed by atoms with Crippen LogP contribution >= 0.6 is 22.9 Å². The first-order valence-electron chi connectivity index (χ1n) is 7.49. The van der Waals surface area contributed by atoms with Gasteiger partial charge in [0.05, 0.1) is 28.7 Å². The van der Waals surface area contributed by atoms with Gasteiger partial charge in [0.15, 0.2) is 0 Å². The van der Waals surface area contributed by atoms with Gasteiger partial charge in [0.2, 0.25) is 0 Å². The summed E-state index contributed by atoms with van der Waals surface area (Å²) in [6.45, 7) is 3.14. The van der Waals surface area contributed by atoms with Crippen LogP contribution in [0.4, 0.5) is 11.4 Å². The number of ether oxygens (including phenoxy) is 1. The van der Waals surface area contributed by atoms with E-state index in [0.717, 1.165) is 42.6 Å². The van der Waals surface area contributed by atoms with E-state index in [9.17, 15) is 4.79 Å². The van der Waals surface area contributed by atoms with E-state index >= 15 is 0 Å². The molecule has 23 heavy (non-hydrogen) atoms. The standard InChI is InChI=1S/C16H16ClN3O2S/c17-12-3-8-23-14(12)15-18-13-2-1-10(9-11(13)16(21)19-15)20-4-6-22-7-5-20/h1-3,8-9,15,18H,4-7H2,(H,19,21)/t15-/m1/s1. The van der Waals surface area contributed by atoms with Crippen LogP contribution in [0.3, 0.4) is 0 Å². The van der Waals surface area contributed by atoms with E-state index < -0.39 is 0 Å². The Kier molecular flexibility index (Phi) is 3.88. The largest absolute Gasteiger partial charge is 0.378 e. The fourth-order valence-corrected chi connectivity index (χ4v) is 4.07. The molecule has 0 radical (unpaired) electrons. The van der Waals surface area contributed by atoms with Crippen LogP contribution < -0.4 is 15.5 Å². The normalized spacial score (nSPS) is 20.7. The molecule has 1 amide bonds. The predicted octanol–water partition coefficient (Wildman–Crippen LogP) is 3.09. The summed E-state index contributed by atoms with van der Waals surface area (Å²) in [6.07, 6.45) is -0.281. The second-order valence-electron chi connectivity index (χ2n) is 5.51. The zero-order chi connectivity index (χ0) is 15.8. The maximum atomic E-state index is 12.5. The van der Waals surface area contributed by atoms with Crippen molar-refractivity contribution >= 4 is 40.2 Å². The molecule has 3 heterocycles. The maximum absolute atomic E-state index is 12.5. The highest BCUT2D eigenvalue weighted by molar-refractivity contribution is 7.10. The van der Waals surface area contributed by atoms with Gasteiger partial charge in [-0.25, -0.2) is 0 Å². The Hall–Kier alpha value is -1.76. The van der Waals surface area contributed by atoms with Gasteiger partial charge in [-0.3, -0.25) is 4.79 Å². The molecule has 7 heteroatoms. The summed E-state index contributed by atoms with van der Waals surface area (Å²) in [6, 6.07) is 7.79.